The molecule has 6 nitrogen and oxygen atoms in total. The smallest absolute Gasteiger partial charge is 0.248 e. The van der Waals surface area contributed by atoms with Crippen LogP contribution in [0.1, 0.15) is 24.2 Å². The number of guanidine groups is 1. The van der Waals surface area contributed by atoms with Crippen molar-refractivity contribution in [1.82, 2.24) is 10.1 Å². The molecule has 0 aliphatic carbocycles. The van der Waals surface area contributed by atoms with E-state index in [-0.39, 0.29) is 30.5 Å². The molecule has 0 atom stereocenters. The van der Waals surface area contributed by atoms with Gasteiger partial charge in [-0.2, -0.15) is 4.98 Å². The Morgan fingerprint density at radius 2 is 2.05 bits per heavy atom. The first-order valence-corrected chi connectivity index (χ1v) is 6.12. The second-order valence-electron chi connectivity index (χ2n) is 4.11. The van der Waals surface area contributed by atoms with Gasteiger partial charge in [0.25, 0.3) is 0 Å². The predicted molar refractivity (Wildman–Crippen MR) is 89.2 cm³/mol. The van der Waals surface area contributed by atoms with E-state index < -0.39 is 0 Å². The third kappa shape index (κ3) is 4.80. The van der Waals surface area contributed by atoms with Crippen LogP contribution >= 0.6 is 24.0 Å². The lowest BCUT2D eigenvalue weighted by atomic mass is 10.1. The van der Waals surface area contributed by atoms with E-state index in [2.05, 4.69) is 39.5 Å². The second-order valence-corrected chi connectivity index (χ2v) is 4.11. The highest BCUT2D eigenvalue weighted by atomic mass is 127. The van der Waals surface area contributed by atoms with E-state index in [0.29, 0.717) is 17.7 Å². The fraction of sp³-hybridized carbons (Fsp3) is 0.308. The van der Waals surface area contributed by atoms with Gasteiger partial charge in [0.15, 0.2) is 11.8 Å². The predicted octanol–water partition coefficient (Wildman–Crippen LogP) is 2.49. The minimum atomic E-state index is 0. The van der Waals surface area contributed by atoms with Gasteiger partial charge >= 0.3 is 0 Å². The number of aryl methyl sites for hydroxylation is 2. The van der Waals surface area contributed by atoms with Crippen LogP contribution in [0, 0.1) is 6.92 Å². The quantitative estimate of drug-likeness (QED) is 0.478. The van der Waals surface area contributed by atoms with E-state index in [1.54, 1.807) is 6.92 Å². The molecule has 1 aromatic carbocycles. The van der Waals surface area contributed by atoms with Crippen molar-refractivity contribution in [2.45, 2.75) is 26.8 Å². The molecule has 1 aromatic heterocycles. The minimum Gasteiger partial charge on any atom is -0.370 e. The zero-order valence-electron chi connectivity index (χ0n) is 11.5. The summed E-state index contributed by atoms with van der Waals surface area (Å²) < 4.78 is 4.94. The van der Waals surface area contributed by atoms with Gasteiger partial charge in [0.05, 0.1) is 0 Å². The molecule has 2 aromatic rings. The summed E-state index contributed by atoms with van der Waals surface area (Å²) >= 11 is 0. The number of nitrogens with one attached hydrogen (secondary N) is 1. The number of anilines is 1. The van der Waals surface area contributed by atoms with Crippen molar-refractivity contribution >= 4 is 35.6 Å². The van der Waals surface area contributed by atoms with Crippen LogP contribution in [0.25, 0.3) is 0 Å². The topological polar surface area (TPSA) is 89.3 Å². The summed E-state index contributed by atoms with van der Waals surface area (Å²) in [5.41, 5.74) is 7.96. The number of benzene rings is 1. The Kier molecular flexibility index (Phi) is 6.43. The van der Waals surface area contributed by atoms with Gasteiger partial charge < -0.3 is 15.6 Å². The third-order valence-electron chi connectivity index (χ3n) is 2.59. The monoisotopic (exact) mass is 387 g/mol. The molecular weight excluding hydrogens is 369 g/mol. The molecule has 20 heavy (non-hydrogen) atoms. The Hall–Kier alpha value is -1.64. The fourth-order valence-corrected chi connectivity index (χ4v) is 1.57. The zero-order valence-corrected chi connectivity index (χ0v) is 13.8. The number of hydrogen-bond donors (Lipinski definition) is 2. The molecule has 0 radical (unpaired) electrons. The molecule has 0 unspecified atom stereocenters. The molecule has 0 fully saturated rings. The highest BCUT2D eigenvalue weighted by Gasteiger charge is 2.01. The largest absolute Gasteiger partial charge is 0.370 e. The average molecular weight is 387 g/mol. The molecule has 1 heterocycles. The lowest BCUT2D eigenvalue weighted by molar-refractivity contribution is 0.376. The minimum absolute atomic E-state index is 0. The molecule has 0 amide bonds. The van der Waals surface area contributed by atoms with Crippen LogP contribution in [0.15, 0.2) is 33.8 Å². The zero-order chi connectivity index (χ0) is 13.7. The van der Waals surface area contributed by atoms with Crippen molar-refractivity contribution in [3.8, 4) is 0 Å². The lowest BCUT2D eigenvalue weighted by Gasteiger charge is -2.05. The highest BCUT2D eigenvalue weighted by molar-refractivity contribution is 14.0. The molecule has 0 aliphatic rings. The van der Waals surface area contributed by atoms with Crippen LogP contribution < -0.4 is 11.1 Å². The number of rotatable bonds is 4. The number of nitrogens with two attached hydrogens (primary N) is 1. The first-order valence-electron chi connectivity index (χ1n) is 6.12. The third-order valence-corrected chi connectivity index (χ3v) is 2.59. The van der Waals surface area contributed by atoms with Gasteiger partial charge in [-0.1, -0.05) is 24.2 Å². The van der Waals surface area contributed by atoms with Gasteiger partial charge in [0.2, 0.25) is 5.89 Å². The van der Waals surface area contributed by atoms with Crippen LogP contribution in [0.5, 0.6) is 0 Å². The second kappa shape index (κ2) is 7.83. The van der Waals surface area contributed by atoms with Gasteiger partial charge in [-0.15, -0.1) is 24.0 Å². The first kappa shape index (κ1) is 16.4. The number of aromatic nitrogens is 2. The number of aliphatic imine (C=N–C) groups is 1. The van der Waals surface area contributed by atoms with Crippen molar-refractivity contribution in [2.75, 3.05) is 5.32 Å². The number of nitrogens with zero attached hydrogens (tertiary/aromatic N) is 3. The number of hydrogen-bond acceptors (Lipinski definition) is 4. The van der Waals surface area contributed by atoms with Crippen molar-refractivity contribution in [3.05, 3.63) is 41.5 Å². The molecule has 0 aliphatic heterocycles. The molecule has 0 bridgehead atoms. The van der Waals surface area contributed by atoms with E-state index in [1.807, 2.05) is 12.1 Å². The van der Waals surface area contributed by atoms with Crippen LogP contribution in [0.2, 0.25) is 0 Å². The van der Waals surface area contributed by atoms with Crippen molar-refractivity contribution in [1.29, 1.82) is 0 Å². The van der Waals surface area contributed by atoms with E-state index in [1.165, 1.54) is 5.56 Å². The maximum atomic E-state index is 5.78. The van der Waals surface area contributed by atoms with E-state index in [9.17, 15) is 0 Å². The molecule has 0 spiro atoms. The Balaban J connectivity index is 0.00000200. The molecule has 0 saturated carbocycles. The summed E-state index contributed by atoms with van der Waals surface area (Å²) in [6.07, 6.45) is 1.01. The standard InChI is InChI=1S/C13H17N5O.HI/c1-3-10-4-6-11(7-5-10)17-13(14)15-8-12-16-9(2)18-19-12;/h4-7H,3,8H2,1-2H3,(H3,14,15,17);1H. The van der Waals surface area contributed by atoms with E-state index in [0.717, 1.165) is 12.1 Å². The summed E-state index contributed by atoms with van der Waals surface area (Å²) in [6, 6.07) is 8.05. The van der Waals surface area contributed by atoms with Crippen LogP contribution in [-0.4, -0.2) is 16.1 Å². The van der Waals surface area contributed by atoms with Crippen molar-refractivity contribution in [3.63, 3.8) is 0 Å². The summed E-state index contributed by atoms with van der Waals surface area (Å²) in [5, 5.41) is 6.69. The summed E-state index contributed by atoms with van der Waals surface area (Å²) in [6.45, 7) is 4.14. The first-order chi connectivity index (χ1) is 9.17. The molecular formula is C13H18IN5O. The normalized spacial score (nSPS) is 11.0. The molecule has 7 heteroatoms. The van der Waals surface area contributed by atoms with Crippen molar-refractivity contribution in [2.24, 2.45) is 10.7 Å². The van der Waals surface area contributed by atoms with Gasteiger partial charge in [0.1, 0.15) is 6.54 Å². The lowest BCUT2D eigenvalue weighted by Crippen LogP contribution is -2.22. The molecule has 2 rings (SSSR count). The van der Waals surface area contributed by atoms with Crippen LogP contribution in [0.4, 0.5) is 5.69 Å². The van der Waals surface area contributed by atoms with Gasteiger partial charge in [-0.25, -0.2) is 4.99 Å². The van der Waals surface area contributed by atoms with Gasteiger partial charge in [0, 0.05) is 5.69 Å². The molecule has 3 N–H and O–H groups in total. The summed E-state index contributed by atoms with van der Waals surface area (Å²) in [5.74, 6) is 1.36. The van der Waals surface area contributed by atoms with Crippen molar-refractivity contribution < 1.29 is 4.52 Å². The molecule has 108 valence electrons. The fourth-order valence-electron chi connectivity index (χ4n) is 1.57. The summed E-state index contributed by atoms with van der Waals surface area (Å²) in [4.78, 5) is 8.18. The summed E-state index contributed by atoms with van der Waals surface area (Å²) in [7, 11) is 0. The van der Waals surface area contributed by atoms with E-state index in [4.69, 9.17) is 10.3 Å². The SMILES string of the molecule is CCc1ccc(NC(N)=NCc2nc(C)no2)cc1.I. The Labute approximate surface area is 134 Å². The van der Waals surface area contributed by atoms with E-state index >= 15 is 0 Å². The van der Waals surface area contributed by atoms with Crippen LogP contribution in [0.3, 0.4) is 0 Å². The highest BCUT2D eigenvalue weighted by Crippen LogP contribution is 2.09. The van der Waals surface area contributed by atoms with Gasteiger partial charge in [-0.3, -0.25) is 0 Å². The molecule has 0 saturated heterocycles. The Bertz CT molecular complexity index is 564. The maximum absolute atomic E-state index is 5.78. The number of halogens is 1. The Morgan fingerprint density at radius 1 is 1.35 bits per heavy atom. The average Bonchev–Trinajstić information content (AvgIpc) is 2.83. The van der Waals surface area contributed by atoms with Crippen LogP contribution in [-0.2, 0) is 13.0 Å². The maximum Gasteiger partial charge on any atom is 0.248 e. The van der Waals surface area contributed by atoms with Gasteiger partial charge in [-0.05, 0) is 31.0 Å². The Morgan fingerprint density at radius 3 is 2.60 bits per heavy atom.